The molecular formula is C12H25KO4S. The first-order valence-corrected chi connectivity index (χ1v) is 7.97. The van der Waals surface area contributed by atoms with Crippen molar-refractivity contribution >= 4 is 10.1 Å². The van der Waals surface area contributed by atoms with Crippen molar-refractivity contribution in [1.82, 2.24) is 0 Å². The van der Waals surface area contributed by atoms with Crippen LogP contribution in [0.5, 0.6) is 0 Å². The minimum Gasteiger partial charge on any atom is -0.748 e. The normalized spacial score (nSPS) is 14.9. The molecular weight excluding hydrogens is 279 g/mol. The summed E-state index contributed by atoms with van der Waals surface area (Å²) in [7, 11) is -4.11. The van der Waals surface area contributed by atoms with Crippen molar-refractivity contribution in [3.63, 3.8) is 0 Å². The predicted octanol–water partition coefficient (Wildman–Crippen LogP) is -0.574. The summed E-state index contributed by atoms with van der Waals surface area (Å²) >= 11 is 0. The van der Waals surface area contributed by atoms with Crippen molar-refractivity contribution in [3.8, 4) is 0 Å². The van der Waals surface area contributed by atoms with Gasteiger partial charge < -0.3 is 9.66 Å². The van der Waals surface area contributed by atoms with Gasteiger partial charge in [0, 0.05) is 5.25 Å². The number of hydrogen-bond acceptors (Lipinski definition) is 4. The first-order valence-electron chi connectivity index (χ1n) is 6.50. The van der Waals surface area contributed by atoms with Crippen molar-refractivity contribution in [2.75, 3.05) is 0 Å². The van der Waals surface area contributed by atoms with Crippen molar-refractivity contribution in [3.05, 3.63) is 0 Å². The quantitative estimate of drug-likeness (QED) is 0.333. The van der Waals surface area contributed by atoms with Gasteiger partial charge in [0.05, 0.1) is 16.2 Å². The summed E-state index contributed by atoms with van der Waals surface area (Å²) in [5.74, 6) is 0. The van der Waals surface area contributed by atoms with Gasteiger partial charge in [-0.15, -0.1) is 0 Å². The Morgan fingerprint density at radius 2 is 1.50 bits per heavy atom. The van der Waals surface area contributed by atoms with Crippen molar-refractivity contribution in [2.24, 2.45) is 0 Å². The molecule has 0 aliphatic carbocycles. The van der Waals surface area contributed by atoms with E-state index in [4.69, 9.17) is 5.11 Å². The van der Waals surface area contributed by atoms with Crippen LogP contribution in [0.15, 0.2) is 0 Å². The zero-order valence-corrected chi connectivity index (χ0v) is 15.8. The number of hydrogen-bond donors (Lipinski definition) is 1. The second kappa shape index (κ2) is 12.3. The molecule has 18 heavy (non-hydrogen) atoms. The molecule has 0 radical (unpaired) electrons. The third kappa shape index (κ3) is 12.5. The molecule has 0 bridgehead atoms. The van der Waals surface area contributed by atoms with E-state index in [-0.39, 0.29) is 57.5 Å². The molecule has 0 saturated carbocycles. The molecule has 0 aromatic heterocycles. The van der Waals surface area contributed by atoms with Crippen LogP contribution in [0.3, 0.4) is 0 Å². The topological polar surface area (TPSA) is 77.4 Å². The van der Waals surface area contributed by atoms with Crippen LogP contribution in [0.1, 0.15) is 65.2 Å². The fraction of sp³-hybridized carbons (Fsp3) is 1.00. The van der Waals surface area contributed by atoms with Crippen LogP contribution in [0.25, 0.3) is 0 Å². The van der Waals surface area contributed by atoms with E-state index in [0.29, 0.717) is 12.8 Å². The molecule has 1 N–H and O–H groups in total. The summed E-state index contributed by atoms with van der Waals surface area (Å²) in [6.45, 7) is 3.52. The summed E-state index contributed by atoms with van der Waals surface area (Å²) in [6, 6.07) is 0. The van der Waals surface area contributed by atoms with E-state index in [1.54, 1.807) is 13.8 Å². The van der Waals surface area contributed by atoms with Crippen molar-refractivity contribution in [2.45, 2.75) is 76.6 Å². The van der Waals surface area contributed by atoms with Crippen LogP contribution in [0.2, 0.25) is 0 Å². The second-order valence-electron chi connectivity index (χ2n) is 4.72. The molecule has 0 aliphatic rings. The Hall–Kier alpha value is 1.51. The van der Waals surface area contributed by atoms with Crippen LogP contribution in [-0.2, 0) is 10.1 Å². The maximum atomic E-state index is 10.8. The number of rotatable bonds is 10. The van der Waals surface area contributed by atoms with Crippen LogP contribution in [0.4, 0.5) is 0 Å². The van der Waals surface area contributed by atoms with E-state index in [0.717, 1.165) is 38.5 Å². The second-order valence-corrected chi connectivity index (χ2v) is 6.37. The summed E-state index contributed by atoms with van der Waals surface area (Å²) in [5.41, 5.74) is 0. The van der Waals surface area contributed by atoms with Crippen molar-refractivity contribution in [1.29, 1.82) is 0 Å². The molecule has 0 spiro atoms. The van der Waals surface area contributed by atoms with Crippen LogP contribution >= 0.6 is 0 Å². The predicted molar refractivity (Wildman–Crippen MR) is 67.8 cm³/mol. The van der Waals surface area contributed by atoms with Crippen molar-refractivity contribution < 1.29 is 69.5 Å². The number of aliphatic hydroxyl groups excluding tert-OH is 1. The summed E-state index contributed by atoms with van der Waals surface area (Å²) < 4.78 is 32.5. The van der Waals surface area contributed by atoms with Gasteiger partial charge in [0.15, 0.2) is 0 Å². The van der Waals surface area contributed by atoms with Gasteiger partial charge in [-0.3, -0.25) is 0 Å². The average Bonchev–Trinajstić information content (AvgIpc) is 2.19. The Balaban J connectivity index is 0. The molecule has 0 saturated heterocycles. The van der Waals surface area contributed by atoms with E-state index >= 15 is 0 Å². The number of unbranched alkanes of at least 4 members (excludes halogenated alkanes) is 4. The summed E-state index contributed by atoms with van der Waals surface area (Å²) in [4.78, 5) is 0. The zero-order valence-electron chi connectivity index (χ0n) is 11.9. The molecule has 0 aliphatic heterocycles. The summed E-state index contributed by atoms with van der Waals surface area (Å²) in [6.07, 6.45) is 6.37. The third-order valence-corrected chi connectivity index (χ3v) is 4.40. The van der Waals surface area contributed by atoms with Gasteiger partial charge in [0.25, 0.3) is 0 Å². The van der Waals surface area contributed by atoms with Crippen LogP contribution in [-0.4, -0.2) is 29.4 Å². The van der Waals surface area contributed by atoms with E-state index in [9.17, 15) is 13.0 Å². The minimum atomic E-state index is -4.11. The van der Waals surface area contributed by atoms with E-state index in [2.05, 4.69) is 0 Å². The van der Waals surface area contributed by atoms with Crippen LogP contribution in [0, 0.1) is 0 Å². The van der Waals surface area contributed by atoms with Gasteiger partial charge in [-0.25, -0.2) is 8.42 Å². The molecule has 2 unspecified atom stereocenters. The smallest absolute Gasteiger partial charge is 0.748 e. The Morgan fingerprint density at radius 1 is 1.06 bits per heavy atom. The molecule has 104 valence electrons. The van der Waals surface area contributed by atoms with Gasteiger partial charge in [-0.2, -0.15) is 0 Å². The molecule has 0 fully saturated rings. The van der Waals surface area contributed by atoms with E-state index in [1.165, 1.54) is 0 Å². The molecule has 0 heterocycles. The zero-order chi connectivity index (χ0) is 13.3. The first kappa shape index (κ1) is 21.8. The SMILES string of the molecule is CCC(CCCCCCCC(C)O)S(=O)(=O)[O-].[K+]. The standard InChI is InChI=1S/C12H26O4S.K/c1-3-12(17(14,15)16)10-8-6-4-5-7-9-11(2)13;/h11-13H,3-10H2,1-2H3,(H,14,15,16);/q;+1/p-1. The maximum absolute atomic E-state index is 10.8. The molecule has 4 nitrogen and oxygen atoms in total. The van der Waals surface area contributed by atoms with Gasteiger partial charge in [0.1, 0.15) is 0 Å². The molecule has 0 amide bonds. The fourth-order valence-electron chi connectivity index (χ4n) is 1.89. The van der Waals surface area contributed by atoms with Crippen LogP contribution < -0.4 is 51.4 Å². The molecule has 0 aromatic rings. The monoisotopic (exact) mass is 304 g/mol. The number of aliphatic hydroxyl groups is 1. The van der Waals surface area contributed by atoms with Gasteiger partial charge in [-0.1, -0.05) is 39.0 Å². The molecule has 2 atom stereocenters. The minimum absolute atomic E-state index is 0. The Morgan fingerprint density at radius 3 is 1.89 bits per heavy atom. The summed E-state index contributed by atoms with van der Waals surface area (Å²) in [5, 5.41) is 8.34. The fourth-order valence-corrected chi connectivity index (χ4v) is 2.76. The Kier molecular flexibility index (Phi) is 14.9. The first-order chi connectivity index (χ1) is 7.88. The van der Waals surface area contributed by atoms with Gasteiger partial charge in [0.2, 0.25) is 0 Å². The Labute approximate surface area is 154 Å². The largest absolute Gasteiger partial charge is 1.00 e. The molecule has 6 heteroatoms. The van der Waals surface area contributed by atoms with Gasteiger partial charge in [-0.05, 0) is 26.2 Å². The third-order valence-electron chi connectivity index (χ3n) is 3.01. The van der Waals surface area contributed by atoms with Gasteiger partial charge >= 0.3 is 51.4 Å². The average molecular weight is 304 g/mol. The van der Waals surface area contributed by atoms with E-state index < -0.39 is 15.4 Å². The Bertz CT molecular complexity index is 278. The molecule has 0 rings (SSSR count). The van der Waals surface area contributed by atoms with E-state index in [1.807, 2.05) is 0 Å². The molecule has 0 aromatic carbocycles. The maximum Gasteiger partial charge on any atom is 1.00 e.